The zero-order chi connectivity index (χ0) is 19.8. The molecule has 0 saturated heterocycles. The number of benzene rings is 2. The molecule has 0 aromatic heterocycles. The van der Waals surface area contributed by atoms with Gasteiger partial charge in [0.05, 0.1) is 0 Å². The highest BCUT2D eigenvalue weighted by atomic mass is 35.5. The maximum atomic E-state index is 12.0. The third kappa shape index (κ3) is 6.54. The summed E-state index contributed by atoms with van der Waals surface area (Å²) in [7, 11) is 0. The molecule has 0 atom stereocenters. The second-order valence-corrected chi connectivity index (χ2v) is 6.79. The summed E-state index contributed by atoms with van der Waals surface area (Å²) in [5, 5.41) is 2.84. The maximum Gasteiger partial charge on any atom is 0.276 e. The number of carbonyl (C=O) groups excluding carboxylic acids is 2. The SMILES string of the molecule is CC(C)c1ccccc1OCC(=O)NNC(=S)NC(=O)c1cccc(Cl)c1. The minimum atomic E-state index is -0.439. The largest absolute Gasteiger partial charge is 0.483 e. The average Bonchev–Trinajstić information content (AvgIpc) is 2.64. The van der Waals surface area contributed by atoms with E-state index in [0.717, 1.165) is 5.56 Å². The van der Waals surface area contributed by atoms with Crippen molar-refractivity contribution in [3.63, 3.8) is 0 Å². The van der Waals surface area contributed by atoms with Gasteiger partial charge in [-0.3, -0.25) is 25.8 Å². The number of carbonyl (C=O) groups is 2. The van der Waals surface area contributed by atoms with E-state index in [1.54, 1.807) is 18.2 Å². The Balaban J connectivity index is 1.78. The van der Waals surface area contributed by atoms with Crippen molar-refractivity contribution in [2.45, 2.75) is 19.8 Å². The van der Waals surface area contributed by atoms with E-state index in [1.807, 2.05) is 38.1 Å². The lowest BCUT2D eigenvalue weighted by atomic mass is 10.0. The Morgan fingerprint density at radius 1 is 1.11 bits per heavy atom. The summed E-state index contributed by atoms with van der Waals surface area (Å²) in [6.45, 7) is 3.90. The van der Waals surface area contributed by atoms with Crippen molar-refractivity contribution in [2.24, 2.45) is 0 Å². The van der Waals surface area contributed by atoms with Crippen molar-refractivity contribution in [1.82, 2.24) is 16.2 Å². The van der Waals surface area contributed by atoms with Crippen molar-refractivity contribution < 1.29 is 14.3 Å². The van der Waals surface area contributed by atoms with Crippen LogP contribution in [-0.2, 0) is 4.79 Å². The van der Waals surface area contributed by atoms with Crippen LogP contribution in [0.2, 0.25) is 5.02 Å². The molecule has 0 saturated carbocycles. The van der Waals surface area contributed by atoms with Crippen LogP contribution in [0.5, 0.6) is 5.75 Å². The molecule has 2 amide bonds. The molecular weight excluding hydrogens is 386 g/mol. The number of hydrazine groups is 1. The van der Waals surface area contributed by atoms with E-state index in [1.165, 1.54) is 6.07 Å². The summed E-state index contributed by atoms with van der Waals surface area (Å²) in [6, 6.07) is 14.0. The van der Waals surface area contributed by atoms with E-state index in [4.69, 9.17) is 28.6 Å². The molecule has 0 heterocycles. The molecule has 2 rings (SSSR count). The third-order valence-electron chi connectivity index (χ3n) is 3.53. The number of ether oxygens (including phenoxy) is 1. The highest BCUT2D eigenvalue weighted by Crippen LogP contribution is 2.25. The standard InChI is InChI=1S/C19H20ClN3O3S/c1-12(2)15-8-3-4-9-16(15)26-11-17(24)22-23-19(27)21-18(25)13-6-5-7-14(20)10-13/h3-10,12H,11H2,1-2H3,(H,22,24)(H2,21,23,25,27). The monoisotopic (exact) mass is 405 g/mol. The summed E-state index contributed by atoms with van der Waals surface area (Å²) >= 11 is 10.8. The number of hydrogen-bond donors (Lipinski definition) is 3. The molecular formula is C19H20ClN3O3S. The first kappa shape index (κ1) is 20.7. The van der Waals surface area contributed by atoms with Gasteiger partial charge in [-0.2, -0.15) is 0 Å². The van der Waals surface area contributed by atoms with Gasteiger partial charge in [0.2, 0.25) is 0 Å². The van der Waals surface area contributed by atoms with Crippen molar-refractivity contribution in [3.8, 4) is 5.75 Å². The molecule has 2 aromatic carbocycles. The van der Waals surface area contributed by atoms with Crippen LogP contribution in [0.1, 0.15) is 35.7 Å². The number of amides is 2. The van der Waals surface area contributed by atoms with Gasteiger partial charge in [0, 0.05) is 10.6 Å². The highest BCUT2D eigenvalue weighted by Gasteiger charge is 2.11. The van der Waals surface area contributed by atoms with Crippen LogP contribution in [0.15, 0.2) is 48.5 Å². The van der Waals surface area contributed by atoms with Gasteiger partial charge >= 0.3 is 0 Å². The van der Waals surface area contributed by atoms with Crippen LogP contribution < -0.4 is 20.9 Å². The summed E-state index contributed by atoms with van der Waals surface area (Å²) in [5.41, 5.74) is 6.20. The Labute approximate surface area is 168 Å². The summed E-state index contributed by atoms with van der Waals surface area (Å²) in [4.78, 5) is 23.9. The van der Waals surface area contributed by atoms with Gasteiger partial charge in [0.15, 0.2) is 11.7 Å². The van der Waals surface area contributed by atoms with E-state index in [9.17, 15) is 9.59 Å². The number of hydrogen-bond acceptors (Lipinski definition) is 4. The van der Waals surface area contributed by atoms with Gasteiger partial charge in [-0.1, -0.05) is 49.7 Å². The second kappa shape index (κ2) is 9.89. The molecule has 0 aliphatic rings. The normalized spacial score (nSPS) is 10.2. The van der Waals surface area contributed by atoms with Crippen LogP contribution in [0.4, 0.5) is 0 Å². The molecule has 3 N–H and O–H groups in total. The van der Waals surface area contributed by atoms with Crippen LogP contribution >= 0.6 is 23.8 Å². The van der Waals surface area contributed by atoms with Gasteiger partial charge in [-0.15, -0.1) is 0 Å². The second-order valence-electron chi connectivity index (χ2n) is 5.95. The number of rotatable bonds is 5. The fraction of sp³-hybridized carbons (Fsp3) is 0.211. The van der Waals surface area contributed by atoms with Gasteiger partial charge in [-0.25, -0.2) is 0 Å². The molecule has 0 aliphatic heterocycles. The fourth-order valence-electron chi connectivity index (χ4n) is 2.23. The molecule has 2 aromatic rings. The Morgan fingerprint density at radius 2 is 1.85 bits per heavy atom. The minimum Gasteiger partial charge on any atom is -0.483 e. The number of thiocarbonyl (C=S) groups is 1. The van der Waals surface area contributed by atoms with E-state index in [-0.39, 0.29) is 17.6 Å². The van der Waals surface area contributed by atoms with Crippen LogP contribution in [-0.4, -0.2) is 23.5 Å². The van der Waals surface area contributed by atoms with E-state index in [2.05, 4.69) is 16.2 Å². The molecule has 0 aliphatic carbocycles. The van der Waals surface area contributed by atoms with Crippen LogP contribution in [0.3, 0.4) is 0 Å². The van der Waals surface area contributed by atoms with Crippen molar-refractivity contribution in [3.05, 3.63) is 64.7 Å². The third-order valence-corrected chi connectivity index (χ3v) is 3.97. The first-order valence-corrected chi connectivity index (χ1v) is 9.03. The molecule has 0 bridgehead atoms. The summed E-state index contributed by atoms with van der Waals surface area (Å²) in [6.07, 6.45) is 0. The first-order valence-electron chi connectivity index (χ1n) is 8.24. The Bertz CT molecular complexity index is 842. The molecule has 0 spiro atoms. The van der Waals surface area contributed by atoms with E-state index < -0.39 is 11.8 Å². The van der Waals surface area contributed by atoms with Gasteiger partial charge < -0.3 is 4.74 Å². The zero-order valence-corrected chi connectivity index (χ0v) is 16.5. The lowest BCUT2D eigenvalue weighted by Gasteiger charge is -2.14. The molecule has 0 radical (unpaired) electrons. The number of para-hydroxylation sites is 1. The summed E-state index contributed by atoms with van der Waals surface area (Å²) in [5.74, 6) is 0.0513. The van der Waals surface area contributed by atoms with E-state index in [0.29, 0.717) is 16.3 Å². The van der Waals surface area contributed by atoms with Gasteiger partial charge in [0.1, 0.15) is 5.75 Å². The predicted octanol–water partition coefficient (Wildman–Crippen LogP) is 3.18. The lowest BCUT2D eigenvalue weighted by Crippen LogP contribution is -2.49. The molecule has 6 nitrogen and oxygen atoms in total. The number of halogens is 1. The lowest BCUT2D eigenvalue weighted by molar-refractivity contribution is -0.123. The van der Waals surface area contributed by atoms with Crippen molar-refractivity contribution in [1.29, 1.82) is 0 Å². The van der Waals surface area contributed by atoms with Gasteiger partial charge in [0.25, 0.3) is 11.8 Å². The van der Waals surface area contributed by atoms with Crippen LogP contribution in [0, 0.1) is 0 Å². The van der Waals surface area contributed by atoms with Crippen molar-refractivity contribution >= 4 is 40.7 Å². The quantitative estimate of drug-likeness (QED) is 0.526. The van der Waals surface area contributed by atoms with E-state index >= 15 is 0 Å². The summed E-state index contributed by atoms with van der Waals surface area (Å²) < 4.78 is 5.56. The Morgan fingerprint density at radius 3 is 2.56 bits per heavy atom. The smallest absolute Gasteiger partial charge is 0.276 e. The fourth-order valence-corrected chi connectivity index (χ4v) is 2.57. The molecule has 0 unspecified atom stereocenters. The maximum absolute atomic E-state index is 12.0. The number of nitrogens with one attached hydrogen (secondary N) is 3. The molecule has 27 heavy (non-hydrogen) atoms. The first-order chi connectivity index (χ1) is 12.9. The van der Waals surface area contributed by atoms with Gasteiger partial charge in [-0.05, 0) is 48.0 Å². The average molecular weight is 406 g/mol. The predicted molar refractivity (Wildman–Crippen MR) is 109 cm³/mol. The highest BCUT2D eigenvalue weighted by molar-refractivity contribution is 7.80. The zero-order valence-electron chi connectivity index (χ0n) is 14.9. The van der Waals surface area contributed by atoms with Crippen molar-refractivity contribution in [2.75, 3.05) is 6.61 Å². The molecule has 142 valence electrons. The minimum absolute atomic E-state index is 0.0455. The van der Waals surface area contributed by atoms with Crippen LogP contribution in [0.25, 0.3) is 0 Å². The molecule has 0 fully saturated rings. The molecule has 8 heteroatoms. The Kier molecular flexibility index (Phi) is 7.57. The Hall–Kier alpha value is -2.64. The topological polar surface area (TPSA) is 79.5 Å².